The van der Waals surface area contributed by atoms with Crippen molar-refractivity contribution < 1.29 is 0 Å². The molecule has 0 bridgehead atoms. The third-order valence-electron chi connectivity index (χ3n) is 3.70. The first kappa shape index (κ1) is 10.7. The van der Waals surface area contributed by atoms with E-state index in [1.165, 1.54) is 29.3 Å². The van der Waals surface area contributed by atoms with Crippen LogP contribution in [0.1, 0.15) is 18.5 Å². The molecule has 2 heteroatoms. The fraction of sp³-hybridized carbons (Fsp3) is 0.400. The molecule has 1 aromatic carbocycles. The summed E-state index contributed by atoms with van der Waals surface area (Å²) >= 11 is 0. The van der Waals surface area contributed by atoms with E-state index in [1.807, 2.05) is 6.20 Å². The van der Waals surface area contributed by atoms with Crippen molar-refractivity contribution in [3.8, 4) is 0 Å². The molecule has 1 aliphatic heterocycles. The van der Waals surface area contributed by atoms with Gasteiger partial charge in [-0.05, 0) is 49.7 Å². The Hall–Kier alpha value is -1.41. The molecule has 0 unspecified atom stereocenters. The summed E-state index contributed by atoms with van der Waals surface area (Å²) < 4.78 is 0. The van der Waals surface area contributed by atoms with Crippen LogP contribution in [-0.4, -0.2) is 18.1 Å². The summed E-state index contributed by atoms with van der Waals surface area (Å²) in [4.78, 5) is 4.58. The van der Waals surface area contributed by atoms with Crippen LogP contribution in [0.3, 0.4) is 0 Å². The number of benzene rings is 1. The van der Waals surface area contributed by atoms with Crippen LogP contribution in [0.15, 0.2) is 36.5 Å². The lowest BCUT2D eigenvalue weighted by Crippen LogP contribution is -2.28. The maximum absolute atomic E-state index is 4.58. The summed E-state index contributed by atoms with van der Waals surface area (Å²) in [6, 6.07) is 10.7. The standard InChI is InChI=1S/C15H18N2/c1-2-4-14-13(3-1)7-10-17-15(14)11-12-5-8-16-9-6-12/h1-4,7,10,12,16H,5-6,8-9,11H2. The lowest BCUT2D eigenvalue weighted by Gasteiger charge is -2.22. The second kappa shape index (κ2) is 4.84. The Labute approximate surface area is 102 Å². The second-order valence-electron chi connectivity index (χ2n) is 4.88. The zero-order valence-corrected chi connectivity index (χ0v) is 10.0. The highest BCUT2D eigenvalue weighted by Gasteiger charge is 2.15. The summed E-state index contributed by atoms with van der Waals surface area (Å²) in [5.74, 6) is 0.801. The van der Waals surface area contributed by atoms with Crippen molar-refractivity contribution in [1.82, 2.24) is 10.3 Å². The molecule has 88 valence electrons. The van der Waals surface area contributed by atoms with E-state index in [9.17, 15) is 0 Å². The third-order valence-corrected chi connectivity index (χ3v) is 3.70. The Bertz CT molecular complexity index is 496. The molecule has 0 amide bonds. The molecule has 0 radical (unpaired) electrons. The van der Waals surface area contributed by atoms with E-state index in [-0.39, 0.29) is 0 Å². The maximum Gasteiger partial charge on any atom is 0.0484 e. The minimum Gasteiger partial charge on any atom is -0.317 e. The quantitative estimate of drug-likeness (QED) is 0.851. The van der Waals surface area contributed by atoms with E-state index in [0.717, 1.165) is 25.4 Å². The minimum absolute atomic E-state index is 0.801. The summed E-state index contributed by atoms with van der Waals surface area (Å²) in [7, 11) is 0. The van der Waals surface area contributed by atoms with Gasteiger partial charge in [0.1, 0.15) is 0 Å². The molecular weight excluding hydrogens is 208 g/mol. The number of hydrogen-bond donors (Lipinski definition) is 1. The lowest BCUT2D eigenvalue weighted by molar-refractivity contribution is 0.371. The monoisotopic (exact) mass is 226 g/mol. The molecule has 17 heavy (non-hydrogen) atoms. The normalized spacial score (nSPS) is 17.4. The maximum atomic E-state index is 4.58. The van der Waals surface area contributed by atoms with Crippen LogP contribution < -0.4 is 5.32 Å². The lowest BCUT2D eigenvalue weighted by atomic mass is 9.91. The second-order valence-corrected chi connectivity index (χ2v) is 4.88. The number of rotatable bonds is 2. The third kappa shape index (κ3) is 2.32. The molecule has 1 fully saturated rings. The van der Waals surface area contributed by atoms with E-state index in [0.29, 0.717) is 0 Å². The molecule has 2 nitrogen and oxygen atoms in total. The fourth-order valence-corrected chi connectivity index (χ4v) is 2.70. The number of piperidine rings is 1. The van der Waals surface area contributed by atoms with Gasteiger partial charge in [0.25, 0.3) is 0 Å². The Morgan fingerprint density at radius 3 is 2.82 bits per heavy atom. The Kier molecular flexibility index (Phi) is 3.06. The van der Waals surface area contributed by atoms with Gasteiger partial charge >= 0.3 is 0 Å². The number of nitrogens with one attached hydrogen (secondary N) is 1. The van der Waals surface area contributed by atoms with Crippen molar-refractivity contribution in [2.24, 2.45) is 5.92 Å². The van der Waals surface area contributed by atoms with E-state index in [2.05, 4.69) is 40.6 Å². The van der Waals surface area contributed by atoms with Crippen LogP contribution in [0.2, 0.25) is 0 Å². The largest absolute Gasteiger partial charge is 0.317 e. The summed E-state index contributed by atoms with van der Waals surface area (Å²) in [6.07, 6.45) is 5.64. The van der Waals surface area contributed by atoms with Crippen molar-refractivity contribution >= 4 is 10.8 Å². The molecule has 2 aromatic rings. The van der Waals surface area contributed by atoms with Crippen molar-refractivity contribution in [2.45, 2.75) is 19.3 Å². The van der Waals surface area contributed by atoms with Crippen molar-refractivity contribution in [3.63, 3.8) is 0 Å². The van der Waals surface area contributed by atoms with Gasteiger partial charge in [0, 0.05) is 17.3 Å². The number of fused-ring (bicyclic) bond motifs is 1. The molecule has 1 aliphatic rings. The van der Waals surface area contributed by atoms with Gasteiger partial charge in [-0.2, -0.15) is 0 Å². The first-order chi connectivity index (χ1) is 8.43. The molecule has 0 atom stereocenters. The molecule has 2 heterocycles. The van der Waals surface area contributed by atoms with Crippen LogP contribution in [0, 0.1) is 5.92 Å². The topological polar surface area (TPSA) is 24.9 Å². The first-order valence-electron chi connectivity index (χ1n) is 6.47. The van der Waals surface area contributed by atoms with Crippen LogP contribution in [0.5, 0.6) is 0 Å². The van der Waals surface area contributed by atoms with Gasteiger partial charge in [-0.15, -0.1) is 0 Å². The smallest absolute Gasteiger partial charge is 0.0484 e. The van der Waals surface area contributed by atoms with Crippen molar-refractivity contribution in [2.75, 3.05) is 13.1 Å². The predicted octanol–water partition coefficient (Wildman–Crippen LogP) is 2.78. The summed E-state index contributed by atoms with van der Waals surface area (Å²) in [5.41, 5.74) is 1.27. The van der Waals surface area contributed by atoms with Crippen molar-refractivity contribution in [1.29, 1.82) is 0 Å². The van der Waals surface area contributed by atoms with E-state index in [1.54, 1.807) is 0 Å². The van der Waals surface area contributed by atoms with Gasteiger partial charge in [-0.25, -0.2) is 0 Å². The highest BCUT2D eigenvalue weighted by Crippen LogP contribution is 2.22. The van der Waals surface area contributed by atoms with Crippen molar-refractivity contribution in [3.05, 3.63) is 42.2 Å². The number of hydrogen-bond acceptors (Lipinski definition) is 2. The molecular formula is C15H18N2. The van der Waals surface area contributed by atoms with Crippen LogP contribution >= 0.6 is 0 Å². The summed E-state index contributed by atoms with van der Waals surface area (Å²) in [5, 5.41) is 6.06. The molecule has 3 rings (SSSR count). The summed E-state index contributed by atoms with van der Waals surface area (Å²) in [6.45, 7) is 2.32. The first-order valence-corrected chi connectivity index (χ1v) is 6.47. The number of nitrogens with zero attached hydrogens (tertiary/aromatic N) is 1. The average Bonchev–Trinajstić information content (AvgIpc) is 2.40. The molecule has 1 saturated heterocycles. The number of pyridine rings is 1. The van der Waals surface area contributed by atoms with Gasteiger partial charge in [0.2, 0.25) is 0 Å². The Morgan fingerprint density at radius 2 is 1.94 bits per heavy atom. The van der Waals surface area contributed by atoms with Crippen LogP contribution in [-0.2, 0) is 6.42 Å². The van der Waals surface area contributed by atoms with Gasteiger partial charge in [-0.1, -0.05) is 24.3 Å². The fourth-order valence-electron chi connectivity index (χ4n) is 2.70. The SMILES string of the molecule is c1ccc2c(CC3CCNCC3)nccc2c1. The van der Waals surface area contributed by atoms with E-state index >= 15 is 0 Å². The zero-order valence-electron chi connectivity index (χ0n) is 10.0. The van der Waals surface area contributed by atoms with Gasteiger partial charge in [0.15, 0.2) is 0 Å². The highest BCUT2D eigenvalue weighted by atomic mass is 14.9. The minimum atomic E-state index is 0.801. The Morgan fingerprint density at radius 1 is 1.12 bits per heavy atom. The molecule has 0 aliphatic carbocycles. The predicted molar refractivity (Wildman–Crippen MR) is 71.0 cm³/mol. The molecule has 0 saturated carbocycles. The van der Waals surface area contributed by atoms with E-state index in [4.69, 9.17) is 0 Å². The van der Waals surface area contributed by atoms with E-state index < -0.39 is 0 Å². The molecule has 1 aromatic heterocycles. The van der Waals surface area contributed by atoms with Crippen LogP contribution in [0.25, 0.3) is 10.8 Å². The Balaban J connectivity index is 1.89. The highest BCUT2D eigenvalue weighted by molar-refractivity contribution is 5.84. The number of aromatic nitrogens is 1. The zero-order chi connectivity index (χ0) is 11.5. The molecule has 0 spiro atoms. The van der Waals surface area contributed by atoms with Gasteiger partial charge < -0.3 is 5.32 Å². The van der Waals surface area contributed by atoms with Gasteiger partial charge in [-0.3, -0.25) is 4.98 Å². The average molecular weight is 226 g/mol. The van der Waals surface area contributed by atoms with Gasteiger partial charge in [0.05, 0.1) is 0 Å². The molecule has 1 N–H and O–H groups in total. The van der Waals surface area contributed by atoms with Crippen LogP contribution in [0.4, 0.5) is 0 Å².